The smallest absolute Gasteiger partial charge is 0.317 e. The SMILES string of the molecule is CC(CC(=O)O)NC(=O)N(C)Cc1ccoc1. The third-order valence-corrected chi connectivity index (χ3v) is 2.20. The van der Waals surface area contributed by atoms with Crippen molar-refractivity contribution in [1.29, 1.82) is 0 Å². The maximum atomic E-state index is 11.7. The molecule has 2 amide bonds. The number of hydrogen-bond acceptors (Lipinski definition) is 3. The highest BCUT2D eigenvalue weighted by molar-refractivity contribution is 5.75. The van der Waals surface area contributed by atoms with E-state index in [-0.39, 0.29) is 12.5 Å². The molecule has 0 bridgehead atoms. The molecule has 2 N–H and O–H groups in total. The van der Waals surface area contributed by atoms with Crippen LogP contribution in [0.15, 0.2) is 23.0 Å². The molecule has 0 fully saturated rings. The molecule has 6 nitrogen and oxygen atoms in total. The van der Waals surface area contributed by atoms with Gasteiger partial charge in [0.2, 0.25) is 0 Å². The summed E-state index contributed by atoms with van der Waals surface area (Å²) in [6.45, 7) is 2.07. The highest BCUT2D eigenvalue weighted by atomic mass is 16.4. The highest BCUT2D eigenvalue weighted by Gasteiger charge is 2.14. The van der Waals surface area contributed by atoms with Crippen molar-refractivity contribution in [1.82, 2.24) is 10.2 Å². The van der Waals surface area contributed by atoms with Crippen LogP contribution in [0.5, 0.6) is 0 Å². The molecule has 1 aromatic heterocycles. The molecule has 1 atom stereocenters. The molecule has 17 heavy (non-hydrogen) atoms. The Labute approximate surface area is 99.2 Å². The fourth-order valence-corrected chi connectivity index (χ4v) is 1.36. The van der Waals surface area contributed by atoms with Gasteiger partial charge in [0.1, 0.15) is 0 Å². The van der Waals surface area contributed by atoms with Gasteiger partial charge in [0.25, 0.3) is 0 Å². The Hall–Kier alpha value is -1.98. The minimum absolute atomic E-state index is 0.0920. The summed E-state index contributed by atoms with van der Waals surface area (Å²) in [5, 5.41) is 11.2. The Morgan fingerprint density at radius 2 is 2.29 bits per heavy atom. The molecular weight excluding hydrogens is 224 g/mol. The molecule has 0 aliphatic rings. The van der Waals surface area contributed by atoms with E-state index in [2.05, 4.69) is 5.32 Å². The van der Waals surface area contributed by atoms with Gasteiger partial charge in [-0.25, -0.2) is 4.79 Å². The summed E-state index contributed by atoms with van der Waals surface area (Å²) in [7, 11) is 1.63. The molecule has 94 valence electrons. The van der Waals surface area contributed by atoms with Crippen molar-refractivity contribution in [2.75, 3.05) is 7.05 Å². The van der Waals surface area contributed by atoms with Gasteiger partial charge in [-0.15, -0.1) is 0 Å². The van der Waals surface area contributed by atoms with Crippen molar-refractivity contribution >= 4 is 12.0 Å². The molecule has 1 aromatic rings. The zero-order chi connectivity index (χ0) is 12.8. The summed E-state index contributed by atoms with van der Waals surface area (Å²) in [6, 6.07) is 1.07. The lowest BCUT2D eigenvalue weighted by Gasteiger charge is -2.19. The lowest BCUT2D eigenvalue weighted by atomic mass is 10.2. The molecular formula is C11H16N2O4. The number of rotatable bonds is 5. The van der Waals surface area contributed by atoms with E-state index in [0.717, 1.165) is 5.56 Å². The van der Waals surface area contributed by atoms with Crippen LogP contribution in [-0.4, -0.2) is 35.1 Å². The van der Waals surface area contributed by atoms with Crippen LogP contribution in [0.3, 0.4) is 0 Å². The van der Waals surface area contributed by atoms with Gasteiger partial charge in [-0.1, -0.05) is 0 Å². The minimum atomic E-state index is -0.935. The summed E-state index contributed by atoms with van der Waals surface area (Å²) >= 11 is 0. The number of furan rings is 1. The highest BCUT2D eigenvalue weighted by Crippen LogP contribution is 2.04. The monoisotopic (exact) mass is 240 g/mol. The van der Waals surface area contributed by atoms with E-state index < -0.39 is 12.0 Å². The number of carbonyl (C=O) groups excluding carboxylic acids is 1. The van der Waals surface area contributed by atoms with Crippen molar-refractivity contribution in [2.45, 2.75) is 25.9 Å². The van der Waals surface area contributed by atoms with Crippen LogP contribution in [-0.2, 0) is 11.3 Å². The van der Waals surface area contributed by atoms with Crippen molar-refractivity contribution in [3.63, 3.8) is 0 Å². The van der Waals surface area contributed by atoms with Gasteiger partial charge >= 0.3 is 12.0 Å². The second-order valence-corrected chi connectivity index (χ2v) is 3.94. The predicted molar refractivity (Wildman–Crippen MR) is 60.4 cm³/mol. The molecule has 0 spiro atoms. The van der Waals surface area contributed by atoms with E-state index in [9.17, 15) is 9.59 Å². The molecule has 0 radical (unpaired) electrons. The number of nitrogens with one attached hydrogen (secondary N) is 1. The Kier molecular flexibility index (Phi) is 4.56. The summed E-state index contributed by atoms with van der Waals surface area (Å²) in [6.07, 6.45) is 3.00. The topological polar surface area (TPSA) is 82.8 Å². The first-order valence-electron chi connectivity index (χ1n) is 5.23. The molecule has 1 unspecified atom stereocenters. The molecule has 1 heterocycles. The van der Waals surface area contributed by atoms with Gasteiger partial charge in [-0.3, -0.25) is 4.79 Å². The largest absolute Gasteiger partial charge is 0.481 e. The number of hydrogen-bond donors (Lipinski definition) is 2. The van der Waals surface area contributed by atoms with Gasteiger partial charge < -0.3 is 19.7 Å². The third kappa shape index (κ3) is 4.58. The number of carboxylic acids is 1. The van der Waals surface area contributed by atoms with E-state index in [1.54, 1.807) is 26.3 Å². The Morgan fingerprint density at radius 3 is 2.82 bits per heavy atom. The van der Waals surface area contributed by atoms with Gasteiger partial charge in [-0.05, 0) is 13.0 Å². The van der Waals surface area contributed by atoms with Crippen molar-refractivity contribution in [3.05, 3.63) is 24.2 Å². The number of carboxylic acid groups (broad SMARTS) is 1. The first-order valence-corrected chi connectivity index (χ1v) is 5.23. The number of urea groups is 1. The van der Waals surface area contributed by atoms with E-state index >= 15 is 0 Å². The Balaban J connectivity index is 2.39. The maximum absolute atomic E-state index is 11.7. The quantitative estimate of drug-likeness (QED) is 0.812. The van der Waals surface area contributed by atoms with Crippen LogP contribution in [0.4, 0.5) is 4.79 Å². The second kappa shape index (κ2) is 5.93. The van der Waals surface area contributed by atoms with Crippen LogP contribution >= 0.6 is 0 Å². The Morgan fingerprint density at radius 1 is 1.59 bits per heavy atom. The van der Waals surface area contributed by atoms with Gasteiger partial charge in [0, 0.05) is 18.7 Å². The molecule has 0 saturated carbocycles. The second-order valence-electron chi connectivity index (χ2n) is 3.94. The first kappa shape index (κ1) is 13.1. The standard InChI is InChI=1S/C11H16N2O4/c1-8(5-10(14)15)12-11(16)13(2)6-9-3-4-17-7-9/h3-4,7-8H,5-6H2,1-2H3,(H,12,16)(H,14,15). The van der Waals surface area contributed by atoms with Crippen LogP contribution in [0, 0.1) is 0 Å². The van der Waals surface area contributed by atoms with E-state index in [4.69, 9.17) is 9.52 Å². The number of nitrogens with zero attached hydrogens (tertiary/aromatic N) is 1. The summed E-state index contributed by atoms with van der Waals surface area (Å²) in [5.74, 6) is -0.935. The van der Waals surface area contributed by atoms with E-state index in [0.29, 0.717) is 6.54 Å². The average molecular weight is 240 g/mol. The van der Waals surface area contributed by atoms with Gasteiger partial charge in [-0.2, -0.15) is 0 Å². The maximum Gasteiger partial charge on any atom is 0.317 e. The lowest BCUT2D eigenvalue weighted by molar-refractivity contribution is -0.137. The van der Waals surface area contributed by atoms with Gasteiger partial charge in [0.05, 0.1) is 25.5 Å². The molecule has 6 heteroatoms. The third-order valence-electron chi connectivity index (χ3n) is 2.20. The first-order chi connectivity index (χ1) is 7.99. The Bertz CT molecular complexity index is 375. The summed E-state index contributed by atoms with van der Waals surface area (Å²) in [4.78, 5) is 23.6. The zero-order valence-electron chi connectivity index (χ0n) is 9.84. The minimum Gasteiger partial charge on any atom is -0.481 e. The van der Waals surface area contributed by atoms with Crippen molar-refractivity contribution in [3.8, 4) is 0 Å². The number of amides is 2. The molecule has 0 aromatic carbocycles. The lowest BCUT2D eigenvalue weighted by Crippen LogP contribution is -2.42. The van der Waals surface area contributed by atoms with Crippen molar-refractivity contribution in [2.24, 2.45) is 0 Å². The molecule has 0 saturated heterocycles. The number of aliphatic carboxylic acids is 1. The predicted octanol–water partition coefficient (Wildman–Crippen LogP) is 1.28. The summed E-state index contributed by atoms with van der Waals surface area (Å²) < 4.78 is 4.89. The fourth-order valence-electron chi connectivity index (χ4n) is 1.36. The number of carbonyl (C=O) groups is 2. The van der Waals surface area contributed by atoms with Crippen LogP contribution in [0.2, 0.25) is 0 Å². The van der Waals surface area contributed by atoms with Crippen LogP contribution in [0.25, 0.3) is 0 Å². The molecule has 0 aliphatic carbocycles. The van der Waals surface area contributed by atoms with Gasteiger partial charge in [0.15, 0.2) is 0 Å². The molecule has 1 rings (SSSR count). The van der Waals surface area contributed by atoms with E-state index in [1.165, 1.54) is 11.2 Å². The normalized spacial score (nSPS) is 11.9. The van der Waals surface area contributed by atoms with E-state index in [1.807, 2.05) is 0 Å². The average Bonchev–Trinajstić information content (AvgIpc) is 2.68. The fraction of sp³-hybridized carbons (Fsp3) is 0.455. The van der Waals surface area contributed by atoms with Crippen LogP contribution in [0.1, 0.15) is 18.9 Å². The van der Waals surface area contributed by atoms with Crippen LogP contribution < -0.4 is 5.32 Å². The molecule has 0 aliphatic heterocycles. The van der Waals surface area contributed by atoms with Crippen molar-refractivity contribution < 1.29 is 19.1 Å². The zero-order valence-corrected chi connectivity index (χ0v) is 9.84. The summed E-state index contributed by atoms with van der Waals surface area (Å²) in [5.41, 5.74) is 0.883.